The summed E-state index contributed by atoms with van der Waals surface area (Å²) in [5.41, 5.74) is 0. The van der Waals surface area contributed by atoms with E-state index in [0.717, 1.165) is 25.7 Å². The van der Waals surface area contributed by atoms with Gasteiger partial charge in [-0.1, -0.05) is 109 Å². The Morgan fingerprint density at radius 2 is 1.18 bits per heavy atom. The van der Waals surface area contributed by atoms with Crippen LogP contribution >= 0.6 is 7.82 Å². The molecule has 0 saturated heterocycles. The summed E-state index contributed by atoms with van der Waals surface area (Å²) in [6.07, 6.45) is 18.5. The van der Waals surface area contributed by atoms with E-state index in [0.29, 0.717) is 12.4 Å². The minimum absolute atomic E-state index is 0. The molecule has 1 aromatic rings. The fourth-order valence-corrected chi connectivity index (χ4v) is 4.08. The molecule has 0 fully saturated rings. The second-order valence-corrected chi connectivity index (χ2v) is 9.55. The summed E-state index contributed by atoms with van der Waals surface area (Å²) >= 11 is 0. The number of rotatable bonds is 22. The molecule has 6 nitrogen and oxygen atoms in total. The van der Waals surface area contributed by atoms with Crippen LogP contribution in [-0.2, 0) is 14.1 Å². The van der Waals surface area contributed by atoms with Crippen molar-refractivity contribution in [2.75, 3.05) is 13.2 Å². The van der Waals surface area contributed by atoms with Crippen molar-refractivity contribution in [3.63, 3.8) is 0 Å². The predicted molar refractivity (Wildman–Crippen MR) is 128 cm³/mol. The Labute approximate surface area is 244 Å². The summed E-state index contributed by atoms with van der Waals surface area (Å²) in [7, 11) is -4.61. The molecule has 0 bridgehead atoms. The zero-order chi connectivity index (χ0) is 23.3. The Hall–Kier alpha value is 0.566. The van der Waals surface area contributed by atoms with Crippen LogP contribution in [0.4, 0.5) is 0 Å². The Balaban J connectivity index is 0.0000102. The minimum Gasteiger partial charge on any atom is -0.744 e. The van der Waals surface area contributed by atoms with Crippen LogP contribution in [0.15, 0.2) is 24.3 Å². The maximum Gasteiger partial charge on any atom is 1.00 e. The average Bonchev–Trinajstić information content (AvgIpc) is 2.78. The van der Waals surface area contributed by atoms with Crippen LogP contribution in [0.25, 0.3) is 0 Å². The van der Waals surface area contributed by atoms with Gasteiger partial charge in [0.05, 0.1) is 13.2 Å². The predicted octanol–water partition coefficient (Wildman–Crippen LogP) is 4.76. The van der Waals surface area contributed by atoms with E-state index >= 15 is 0 Å². The van der Waals surface area contributed by atoms with Gasteiger partial charge in [0.15, 0.2) is 11.5 Å². The number of benzene rings is 1. The van der Waals surface area contributed by atoms with Gasteiger partial charge in [0.1, 0.15) is 0 Å². The van der Waals surface area contributed by atoms with Crippen molar-refractivity contribution in [2.24, 2.45) is 0 Å². The summed E-state index contributed by atoms with van der Waals surface area (Å²) in [4.78, 5) is 16.8. The monoisotopic (exact) mass is 510 g/mol. The fraction of sp³-hybridized carbons (Fsp3) is 0.760. The second-order valence-electron chi connectivity index (χ2n) is 8.33. The zero-order valence-corrected chi connectivity index (χ0v) is 25.2. The molecule has 1 atom stereocenters. The van der Waals surface area contributed by atoms with Gasteiger partial charge in [-0.25, -0.2) is 4.89 Å². The van der Waals surface area contributed by atoms with Crippen LogP contribution in [-0.4, -0.2) is 13.2 Å². The van der Waals surface area contributed by atoms with Crippen molar-refractivity contribution in [3.05, 3.63) is 24.3 Å². The van der Waals surface area contributed by atoms with E-state index in [9.17, 15) is 9.46 Å². The summed E-state index contributed by atoms with van der Waals surface area (Å²) in [6.45, 7) is 4.92. The van der Waals surface area contributed by atoms with Gasteiger partial charge in [0.25, 0.3) is 0 Å². The quantitative estimate of drug-likeness (QED) is 0.0736. The number of ether oxygens (including phenoxy) is 1. The maximum absolute atomic E-state index is 12.0. The Bertz CT molecular complexity index is 616. The van der Waals surface area contributed by atoms with E-state index in [-0.39, 0.29) is 63.7 Å². The van der Waals surface area contributed by atoms with Gasteiger partial charge >= 0.3 is 59.2 Å². The molecule has 8 heteroatoms. The normalized spacial score (nSPS) is 12.7. The van der Waals surface area contributed by atoms with E-state index < -0.39 is 7.82 Å². The minimum atomic E-state index is -4.61. The third kappa shape index (κ3) is 19.4. The average molecular weight is 511 g/mol. The number of phosphoric ester groups is 1. The molecule has 0 amide bonds. The van der Waals surface area contributed by atoms with Gasteiger partial charge in [0, 0.05) is 0 Å². The molecule has 186 valence electrons. The van der Waals surface area contributed by atoms with E-state index in [1.165, 1.54) is 76.7 Å². The first-order chi connectivity index (χ1) is 15.6. The van der Waals surface area contributed by atoms with E-state index in [2.05, 4.69) is 11.6 Å². The van der Waals surface area contributed by atoms with Gasteiger partial charge in [-0.05, 0) is 25.0 Å². The van der Waals surface area contributed by atoms with E-state index in [1.807, 2.05) is 6.92 Å². The zero-order valence-electron chi connectivity index (χ0n) is 21.2. The van der Waals surface area contributed by atoms with E-state index in [1.54, 1.807) is 18.2 Å². The van der Waals surface area contributed by atoms with Crippen LogP contribution in [0.2, 0.25) is 0 Å². The molecule has 0 heterocycles. The number of hydrogen-bond donors (Lipinski definition) is 0. The Morgan fingerprint density at radius 3 is 1.70 bits per heavy atom. The summed E-state index contributed by atoms with van der Waals surface area (Å²) in [6, 6.07) is 6.59. The molecule has 0 radical (unpaired) electrons. The van der Waals surface area contributed by atoms with Gasteiger partial charge < -0.3 is 14.2 Å². The molecule has 0 N–H and O–H groups in total. The molecule has 0 saturated carbocycles. The SMILES string of the molecule is CCCCCCCCCCCCCCCCOOP(=O)([O-])Oc1ccccc1OCCC.[K+]. The van der Waals surface area contributed by atoms with Crippen LogP contribution in [0.5, 0.6) is 11.5 Å². The maximum atomic E-state index is 12.0. The van der Waals surface area contributed by atoms with Crippen molar-refractivity contribution in [1.29, 1.82) is 0 Å². The summed E-state index contributed by atoms with van der Waals surface area (Å²) in [5, 5.41) is 0. The van der Waals surface area contributed by atoms with Gasteiger partial charge in [-0.15, -0.1) is 0 Å². The van der Waals surface area contributed by atoms with Crippen LogP contribution in [0.3, 0.4) is 0 Å². The third-order valence-electron chi connectivity index (χ3n) is 5.25. The number of phosphoric acid groups is 1. The number of hydrogen-bond acceptors (Lipinski definition) is 6. The number of para-hydroxylation sites is 2. The van der Waals surface area contributed by atoms with Crippen LogP contribution in [0.1, 0.15) is 110 Å². The molecule has 1 rings (SSSR count). The molecule has 1 unspecified atom stereocenters. The van der Waals surface area contributed by atoms with Gasteiger partial charge in [-0.2, -0.15) is 4.67 Å². The van der Waals surface area contributed by atoms with Crippen molar-refractivity contribution in [1.82, 2.24) is 0 Å². The molecular weight excluding hydrogens is 466 g/mol. The third-order valence-corrected chi connectivity index (χ3v) is 5.95. The van der Waals surface area contributed by atoms with Crippen molar-refractivity contribution in [2.45, 2.75) is 110 Å². The molecule has 1 aromatic carbocycles. The number of unbranched alkanes of at least 4 members (excludes halogenated alkanes) is 13. The fourth-order valence-electron chi connectivity index (χ4n) is 3.45. The van der Waals surface area contributed by atoms with Gasteiger partial charge in [0.2, 0.25) is 0 Å². The van der Waals surface area contributed by atoms with E-state index in [4.69, 9.17) is 14.1 Å². The Kier molecular flexibility index (Phi) is 23.4. The smallest absolute Gasteiger partial charge is 0.744 e. The second kappa shape index (κ2) is 23.0. The molecule has 0 spiro atoms. The van der Waals surface area contributed by atoms with Gasteiger partial charge in [-0.3, -0.25) is 4.57 Å². The first kappa shape index (κ1) is 33.6. The van der Waals surface area contributed by atoms with Crippen molar-refractivity contribution >= 4 is 7.82 Å². The molecule has 0 aliphatic carbocycles. The molecule has 0 aliphatic rings. The first-order valence-corrected chi connectivity index (χ1v) is 14.1. The molecule has 0 aromatic heterocycles. The van der Waals surface area contributed by atoms with Crippen LogP contribution < -0.4 is 65.5 Å². The molecule has 33 heavy (non-hydrogen) atoms. The largest absolute Gasteiger partial charge is 1.00 e. The van der Waals surface area contributed by atoms with Crippen molar-refractivity contribution in [3.8, 4) is 11.5 Å². The molecule has 0 aliphatic heterocycles. The Morgan fingerprint density at radius 1 is 0.697 bits per heavy atom. The van der Waals surface area contributed by atoms with Crippen molar-refractivity contribution < 1.29 is 79.7 Å². The summed E-state index contributed by atoms with van der Waals surface area (Å²) in [5.74, 6) is 0.459. The topological polar surface area (TPSA) is 77.1 Å². The standard InChI is InChI=1S/C25H45O6P.K/c1-3-5-6-7-8-9-10-11-12-13-14-15-16-19-23-29-31-32(26,27)30-25-21-18-17-20-24(25)28-22-4-2;/h17-18,20-21H,3-16,19,22-23H2,1-2H3,(H,26,27);/q;+1/p-1. The van der Waals surface area contributed by atoms with Crippen LogP contribution in [0, 0.1) is 0 Å². The first-order valence-electron chi connectivity index (χ1n) is 12.6. The summed E-state index contributed by atoms with van der Waals surface area (Å²) < 4.78 is 27.0. The molecular formula is C25H44KO6P.